The Morgan fingerprint density at radius 1 is 1.05 bits per heavy atom. The molecule has 3 amide bonds. The summed E-state index contributed by atoms with van der Waals surface area (Å²) in [6.45, 7) is 5.01. The number of amides is 3. The molecule has 3 N–H and O–H groups in total. The zero-order valence-electron chi connectivity index (χ0n) is 24.6. The van der Waals surface area contributed by atoms with Gasteiger partial charge in [0.25, 0.3) is 5.91 Å². The van der Waals surface area contributed by atoms with Gasteiger partial charge in [-0.1, -0.05) is 44.2 Å². The number of benzene rings is 1. The van der Waals surface area contributed by atoms with Crippen molar-refractivity contribution < 1.29 is 14.4 Å². The van der Waals surface area contributed by atoms with Crippen LogP contribution in [0.1, 0.15) is 55.5 Å². The predicted molar refractivity (Wildman–Crippen MR) is 165 cm³/mol. The van der Waals surface area contributed by atoms with E-state index in [1.54, 1.807) is 33.6 Å². The molecule has 0 bridgehead atoms. The molecule has 0 spiro atoms. The van der Waals surface area contributed by atoms with Crippen LogP contribution in [0.3, 0.4) is 0 Å². The van der Waals surface area contributed by atoms with Crippen LogP contribution in [-0.4, -0.2) is 83.7 Å². The van der Waals surface area contributed by atoms with Crippen LogP contribution in [0.5, 0.6) is 0 Å². The van der Waals surface area contributed by atoms with Gasteiger partial charge < -0.3 is 15.5 Å². The molecule has 2 atom stereocenters. The Hall–Kier alpha value is -4.26. The van der Waals surface area contributed by atoms with E-state index in [0.29, 0.717) is 49.8 Å². The zero-order chi connectivity index (χ0) is 30.3. The van der Waals surface area contributed by atoms with Crippen LogP contribution in [0.4, 0.5) is 0 Å². The van der Waals surface area contributed by atoms with Crippen molar-refractivity contribution in [3.8, 4) is 11.4 Å². The van der Waals surface area contributed by atoms with E-state index in [-0.39, 0.29) is 35.8 Å². The van der Waals surface area contributed by atoms with E-state index >= 15 is 0 Å². The van der Waals surface area contributed by atoms with Gasteiger partial charge in [-0.15, -0.1) is 0 Å². The Bertz CT molecular complexity index is 1570. The lowest BCUT2D eigenvalue weighted by Gasteiger charge is -2.27. The smallest absolute Gasteiger partial charge is 0.272 e. The molecule has 3 aromatic heterocycles. The van der Waals surface area contributed by atoms with Gasteiger partial charge in [-0.3, -0.25) is 19.5 Å². The van der Waals surface area contributed by atoms with Gasteiger partial charge in [0.15, 0.2) is 17.3 Å². The van der Waals surface area contributed by atoms with Crippen molar-refractivity contribution in [3.63, 3.8) is 0 Å². The number of aromatic amines is 1. The molecule has 226 valence electrons. The molecule has 1 aromatic carbocycles. The number of carbonyl (C=O) groups excluding carboxylic acids is 3. The summed E-state index contributed by atoms with van der Waals surface area (Å²) in [4.78, 5) is 51.3. The highest BCUT2D eigenvalue weighted by atomic mass is 32.2. The minimum absolute atomic E-state index is 0.0246. The minimum atomic E-state index is -0.683. The van der Waals surface area contributed by atoms with Crippen LogP contribution in [-0.2, 0) is 16.1 Å². The van der Waals surface area contributed by atoms with Crippen molar-refractivity contribution in [2.24, 2.45) is 5.92 Å². The van der Waals surface area contributed by atoms with Gasteiger partial charge in [0.2, 0.25) is 11.8 Å². The van der Waals surface area contributed by atoms with E-state index in [9.17, 15) is 14.4 Å². The van der Waals surface area contributed by atoms with Gasteiger partial charge >= 0.3 is 0 Å². The number of nitrogens with zero attached hydrogens (tertiary/aromatic N) is 6. The molecular formula is C30H37N9O3S. The van der Waals surface area contributed by atoms with Crippen molar-refractivity contribution in [1.29, 1.82) is 0 Å². The summed E-state index contributed by atoms with van der Waals surface area (Å²) in [5.74, 6) is 1.11. The molecule has 0 radical (unpaired) electrons. The Balaban J connectivity index is 1.51. The first-order valence-corrected chi connectivity index (χ1v) is 15.9. The molecular weight excluding hydrogens is 566 g/mol. The van der Waals surface area contributed by atoms with Crippen LogP contribution in [0.15, 0.2) is 48.7 Å². The second kappa shape index (κ2) is 13.8. The van der Waals surface area contributed by atoms with Gasteiger partial charge in [0.1, 0.15) is 11.7 Å². The Morgan fingerprint density at radius 2 is 1.86 bits per heavy atom. The first-order chi connectivity index (χ1) is 20.8. The van der Waals surface area contributed by atoms with Crippen LogP contribution < -0.4 is 10.6 Å². The summed E-state index contributed by atoms with van der Waals surface area (Å²) < 4.78 is 1.79. The fourth-order valence-electron chi connectivity index (χ4n) is 5.08. The lowest BCUT2D eigenvalue weighted by Crippen LogP contribution is -2.49. The van der Waals surface area contributed by atoms with Crippen LogP contribution in [0.25, 0.3) is 22.4 Å². The third-order valence-corrected chi connectivity index (χ3v) is 8.10. The SMILES string of the molecule is CSCC[C@@H]1NC(=O)CCCN(C(=O)c2ccc3cn[nH]c3n2)CCn2nc(-c3ccccc3)nc2[C@@H](C(C)C)NC1=O. The fourth-order valence-corrected chi connectivity index (χ4v) is 5.55. The summed E-state index contributed by atoms with van der Waals surface area (Å²) in [6, 6.07) is 12.0. The topological polar surface area (TPSA) is 151 Å². The van der Waals surface area contributed by atoms with Crippen molar-refractivity contribution in [2.75, 3.05) is 25.1 Å². The number of H-pyrrole nitrogens is 1. The molecule has 0 fully saturated rings. The first kappa shape index (κ1) is 30.2. The summed E-state index contributed by atoms with van der Waals surface area (Å²) in [5, 5.41) is 18.6. The maximum Gasteiger partial charge on any atom is 0.272 e. The lowest BCUT2D eigenvalue weighted by molar-refractivity contribution is -0.129. The van der Waals surface area contributed by atoms with Crippen LogP contribution in [0, 0.1) is 5.92 Å². The number of hydrogen-bond donors (Lipinski definition) is 3. The molecule has 4 heterocycles. The normalized spacial score (nSPS) is 18.7. The molecule has 4 aromatic rings. The van der Waals surface area contributed by atoms with E-state index in [0.717, 1.165) is 16.7 Å². The summed E-state index contributed by atoms with van der Waals surface area (Å²) in [6.07, 6.45) is 4.73. The highest BCUT2D eigenvalue weighted by Gasteiger charge is 2.30. The minimum Gasteiger partial charge on any atom is -0.344 e. The molecule has 43 heavy (non-hydrogen) atoms. The van der Waals surface area contributed by atoms with E-state index in [2.05, 4.69) is 25.8 Å². The van der Waals surface area contributed by atoms with Crippen molar-refractivity contribution >= 4 is 40.5 Å². The maximum atomic E-state index is 13.7. The molecule has 0 saturated heterocycles. The molecule has 12 nitrogen and oxygen atoms in total. The van der Waals surface area contributed by atoms with Crippen molar-refractivity contribution in [3.05, 3.63) is 60.2 Å². The predicted octanol–water partition coefficient (Wildman–Crippen LogP) is 3.20. The second-order valence-corrected chi connectivity index (χ2v) is 11.9. The van der Waals surface area contributed by atoms with Crippen molar-refractivity contribution in [2.45, 2.75) is 51.7 Å². The number of aromatic nitrogens is 6. The quantitative estimate of drug-likeness (QED) is 0.304. The molecule has 0 unspecified atom stereocenters. The number of thioether (sulfide) groups is 1. The third kappa shape index (κ3) is 7.22. The van der Waals surface area contributed by atoms with E-state index in [4.69, 9.17) is 10.1 Å². The number of pyridine rings is 1. The number of rotatable bonds is 6. The van der Waals surface area contributed by atoms with Gasteiger partial charge in [-0.2, -0.15) is 22.0 Å². The van der Waals surface area contributed by atoms with Crippen molar-refractivity contribution in [1.82, 2.24) is 45.5 Å². The lowest BCUT2D eigenvalue weighted by atomic mass is 10.0. The summed E-state index contributed by atoms with van der Waals surface area (Å²) in [5.41, 5.74) is 1.67. The van der Waals surface area contributed by atoms with E-state index in [1.165, 1.54) is 0 Å². The first-order valence-electron chi connectivity index (χ1n) is 14.5. The van der Waals surface area contributed by atoms with Gasteiger partial charge in [-0.25, -0.2) is 14.6 Å². The number of hydrogen-bond acceptors (Lipinski definition) is 8. The Morgan fingerprint density at radius 3 is 2.63 bits per heavy atom. The van der Waals surface area contributed by atoms with Gasteiger partial charge in [0, 0.05) is 30.5 Å². The molecule has 1 aliphatic rings. The highest BCUT2D eigenvalue weighted by molar-refractivity contribution is 7.98. The molecule has 0 aliphatic carbocycles. The highest BCUT2D eigenvalue weighted by Crippen LogP contribution is 2.25. The average molecular weight is 604 g/mol. The fraction of sp³-hybridized carbons (Fsp3) is 0.433. The molecule has 1 aliphatic heterocycles. The largest absolute Gasteiger partial charge is 0.344 e. The summed E-state index contributed by atoms with van der Waals surface area (Å²) in [7, 11) is 0. The number of fused-ring (bicyclic) bond motifs is 2. The Kier molecular flexibility index (Phi) is 9.70. The van der Waals surface area contributed by atoms with Gasteiger partial charge in [0.05, 0.1) is 18.8 Å². The zero-order valence-corrected chi connectivity index (χ0v) is 25.4. The second-order valence-electron chi connectivity index (χ2n) is 10.9. The molecule has 13 heteroatoms. The standard InChI is InChI=1S/C30H37N9O3S/c1-19(2)25-28-35-27(20-8-5-4-6-9-20)37-39(28)16-15-38(30(42)23-12-11-21-18-31-36-26(21)33-23)14-7-10-24(40)32-22(13-17-43-3)29(41)34-25/h4-6,8-9,11-12,18-19,22,25H,7,10,13-17H2,1-3H3,(H,32,40)(H,34,41)(H,31,33,36)/t22-,25+/m0/s1. The molecule has 0 saturated carbocycles. The maximum absolute atomic E-state index is 13.7. The average Bonchev–Trinajstić information content (AvgIpc) is 3.66. The number of nitrogens with one attached hydrogen (secondary N) is 3. The summed E-state index contributed by atoms with van der Waals surface area (Å²) >= 11 is 1.62. The van der Waals surface area contributed by atoms with Crippen LogP contribution in [0.2, 0.25) is 0 Å². The third-order valence-electron chi connectivity index (χ3n) is 7.46. The van der Waals surface area contributed by atoms with E-state index < -0.39 is 12.1 Å². The number of carbonyl (C=O) groups is 3. The van der Waals surface area contributed by atoms with Gasteiger partial charge in [-0.05, 0) is 42.9 Å². The van der Waals surface area contributed by atoms with E-state index in [1.807, 2.05) is 56.5 Å². The van der Waals surface area contributed by atoms with Crippen LogP contribution >= 0.6 is 11.8 Å². The Labute approximate surface area is 254 Å². The monoisotopic (exact) mass is 603 g/mol. The molecule has 5 rings (SSSR count).